The second kappa shape index (κ2) is 7.75. The van der Waals surface area contributed by atoms with E-state index in [0.29, 0.717) is 28.8 Å². The third-order valence-corrected chi connectivity index (χ3v) is 6.42. The van der Waals surface area contributed by atoms with Crippen LogP contribution in [0.15, 0.2) is 75.5 Å². The lowest BCUT2D eigenvalue weighted by Crippen LogP contribution is -2.12. The maximum Gasteiger partial charge on any atom is 0.261 e. The van der Waals surface area contributed by atoms with Crippen molar-refractivity contribution in [3.63, 3.8) is 0 Å². The van der Waals surface area contributed by atoms with Crippen molar-refractivity contribution < 1.29 is 12.9 Å². The summed E-state index contributed by atoms with van der Waals surface area (Å²) in [6.45, 7) is 0. The first-order chi connectivity index (χ1) is 13.5. The maximum atomic E-state index is 12.4. The quantitative estimate of drug-likeness (QED) is 0.472. The van der Waals surface area contributed by atoms with E-state index in [1.807, 2.05) is 17.5 Å². The minimum absolute atomic E-state index is 0.136. The van der Waals surface area contributed by atoms with Gasteiger partial charge in [-0.3, -0.25) is 4.72 Å². The molecule has 0 aliphatic rings. The summed E-state index contributed by atoms with van der Waals surface area (Å²) in [6, 6.07) is 16.7. The zero-order valence-corrected chi connectivity index (χ0v) is 16.8. The summed E-state index contributed by atoms with van der Waals surface area (Å²) in [5.74, 6) is 0.989. The summed E-state index contributed by atoms with van der Waals surface area (Å²) in [7, 11) is -3.69. The Morgan fingerprint density at radius 2 is 1.79 bits per heavy atom. The highest BCUT2D eigenvalue weighted by atomic mass is 35.5. The van der Waals surface area contributed by atoms with Gasteiger partial charge >= 0.3 is 0 Å². The molecule has 0 atom stereocenters. The normalized spacial score (nSPS) is 11.5. The smallest absolute Gasteiger partial charge is 0.261 e. The van der Waals surface area contributed by atoms with E-state index in [1.165, 1.54) is 24.3 Å². The van der Waals surface area contributed by atoms with E-state index < -0.39 is 10.0 Å². The van der Waals surface area contributed by atoms with Gasteiger partial charge in [-0.05, 0) is 60.0 Å². The minimum atomic E-state index is -3.69. The van der Waals surface area contributed by atoms with Crippen molar-refractivity contribution in [2.24, 2.45) is 0 Å². The van der Waals surface area contributed by atoms with Crippen LogP contribution in [0.5, 0.6) is 0 Å². The van der Waals surface area contributed by atoms with Crippen LogP contribution >= 0.6 is 22.9 Å². The lowest BCUT2D eigenvalue weighted by molar-refractivity contribution is 0.386. The first-order valence-electron chi connectivity index (χ1n) is 8.23. The molecule has 0 aliphatic carbocycles. The highest BCUT2D eigenvalue weighted by Gasteiger charge is 2.15. The van der Waals surface area contributed by atoms with Crippen LogP contribution in [0.2, 0.25) is 5.02 Å². The molecule has 0 spiro atoms. The highest BCUT2D eigenvalue weighted by molar-refractivity contribution is 7.92. The van der Waals surface area contributed by atoms with Gasteiger partial charge in [0.2, 0.25) is 11.7 Å². The molecule has 0 bridgehead atoms. The molecule has 2 aromatic heterocycles. The molecule has 0 saturated carbocycles. The first-order valence-corrected chi connectivity index (χ1v) is 11.0. The fourth-order valence-corrected chi connectivity index (χ4v) is 4.40. The number of hydrogen-bond donors (Lipinski definition) is 1. The zero-order chi connectivity index (χ0) is 19.6. The number of nitrogens with zero attached hydrogens (tertiary/aromatic N) is 2. The van der Waals surface area contributed by atoms with Crippen molar-refractivity contribution in [2.45, 2.75) is 11.3 Å². The van der Waals surface area contributed by atoms with Crippen molar-refractivity contribution in [3.05, 3.63) is 81.8 Å². The number of halogens is 1. The van der Waals surface area contributed by atoms with E-state index in [0.717, 1.165) is 10.4 Å². The Kier molecular flexibility index (Phi) is 5.17. The second-order valence-electron chi connectivity index (χ2n) is 5.90. The molecule has 0 amide bonds. The molecule has 1 N–H and O–H groups in total. The van der Waals surface area contributed by atoms with E-state index >= 15 is 0 Å². The largest absolute Gasteiger partial charge is 0.339 e. The van der Waals surface area contributed by atoms with E-state index in [9.17, 15) is 8.42 Å². The molecule has 2 aromatic carbocycles. The Labute approximate surface area is 170 Å². The van der Waals surface area contributed by atoms with Crippen LogP contribution in [-0.2, 0) is 16.4 Å². The lowest BCUT2D eigenvalue weighted by atomic mass is 10.2. The molecule has 0 unspecified atom stereocenters. The average Bonchev–Trinajstić information content (AvgIpc) is 3.35. The summed E-state index contributed by atoms with van der Waals surface area (Å²) < 4.78 is 32.7. The Morgan fingerprint density at radius 1 is 1.04 bits per heavy atom. The van der Waals surface area contributed by atoms with E-state index in [1.54, 1.807) is 35.6 Å². The van der Waals surface area contributed by atoms with Gasteiger partial charge in [0.15, 0.2) is 0 Å². The number of benzene rings is 2. The third kappa shape index (κ3) is 4.24. The topological polar surface area (TPSA) is 85.1 Å². The molecule has 9 heteroatoms. The molecule has 6 nitrogen and oxygen atoms in total. The van der Waals surface area contributed by atoms with E-state index in [-0.39, 0.29) is 4.90 Å². The predicted octanol–water partition coefficient (Wildman–Crippen LogP) is 4.84. The Hall–Kier alpha value is -2.68. The molecule has 2 heterocycles. The van der Waals surface area contributed by atoms with Gasteiger partial charge in [-0.1, -0.05) is 22.8 Å². The predicted molar refractivity (Wildman–Crippen MR) is 109 cm³/mol. The lowest BCUT2D eigenvalue weighted by Gasteiger charge is -2.08. The molecule has 0 fully saturated rings. The zero-order valence-electron chi connectivity index (χ0n) is 14.4. The van der Waals surface area contributed by atoms with Crippen molar-refractivity contribution in [3.8, 4) is 11.4 Å². The maximum absolute atomic E-state index is 12.4. The van der Waals surface area contributed by atoms with Gasteiger partial charge in [0.1, 0.15) is 0 Å². The number of hydrogen-bond acceptors (Lipinski definition) is 6. The Bertz CT molecular complexity index is 1170. The molecule has 0 saturated heterocycles. The van der Waals surface area contributed by atoms with E-state index in [4.69, 9.17) is 16.1 Å². The van der Waals surface area contributed by atoms with Gasteiger partial charge in [-0.2, -0.15) is 4.98 Å². The van der Waals surface area contributed by atoms with Gasteiger partial charge in [-0.15, -0.1) is 11.3 Å². The number of rotatable bonds is 6. The summed E-state index contributed by atoms with van der Waals surface area (Å²) in [5, 5.41) is 6.46. The SMILES string of the molecule is O=S(=O)(Nc1ccc(-c2noc(Cc3cccs3)n2)cc1)c1ccc(Cl)cc1. The van der Waals surface area contributed by atoms with Gasteiger partial charge in [0.05, 0.1) is 11.3 Å². The number of anilines is 1. The fraction of sp³-hybridized carbons (Fsp3) is 0.0526. The summed E-state index contributed by atoms with van der Waals surface area (Å²) >= 11 is 7.43. The molecule has 28 heavy (non-hydrogen) atoms. The second-order valence-corrected chi connectivity index (χ2v) is 9.06. The van der Waals surface area contributed by atoms with Crippen molar-refractivity contribution in [1.82, 2.24) is 10.1 Å². The molecular weight excluding hydrogens is 418 g/mol. The van der Waals surface area contributed by atoms with Crippen molar-refractivity contribution >= 4 is 38.6 Å². The molecule has 0 aliphatic heterocycles. The summed E-state index contributed by atoms with van der Waals surface area (Å²) in [6.07, 6.45) is 0.587. The average molecular weight is 432 g/mol. The minimum Gasteiger partial charge on any atom is -0.339 e. The van der Waals surface area contributed by atoms with Crippen LogP contribution in [0.3, 0.4) is 0 Å². The van der Waals surface area contributed by atoms with Crippen molar-refractivity contribution in [1.29, 1.82) is 0 Å². The van der Waals surface area contributed by atoms with Crippen LogP contribution in [0, 0.1) is 0 Å². The monoisotopic (exact) mass is 431 g/mol. The van der Waals surface area contributed by atoms with Crippen LogP contribution in [0.1, 0.15) is 10.8 Å². The molecule has 4 aromatic rings. The van der Waals surface area contributed by atoms with Crippen LogP contribution in [-0.4, -0.2) is 18.6 Å². The standard InChI is InChI=1S/C19H14ClN3O3S2/c20-14-5-9-17(10-6-14)28(24,25)23-15-7-3-13(4-8-15)19-21-18(26-22-19)12-16-2-1-11-27-16/h1-11,23H,12H2. The molecule has 0 radical (unpaired) electrons. The Balaban J connectivity index is 1.48. The van der Waals surface area contributed by atoms with Crippen LogP contribution in [0.4, 0.5) is 5.69 Å². The van der Waals surface area contributed by atoms with Crippen LogP contribution in [0.25, 0.3) is 11.4 Å². The fourth-order valence-electron chi connectivity index (χ4n) is 2.52. The molecular formula is C19H14ClN3O3S2. The highest BCUT2D eigenvalue weighted by Crippen LogP contribution is 2.23. The first kappa shape index (κ1) is 18.7. The van der Waals surface area contributed by atoms with Gasteiger partial charge in [0, 0.05) is 21.2 Å². The number of nitrogens with one attached hydrogen (secondary N) is 1. The third-order valence-electron chi connectivity index (χ3n) is 3.89. The van der Waals surface area contributed by atoms with Gasteiger partial charge in [-0.25, -0.2) is 8.42 Å². The van der Waals surface area contributed by atoms with Crippen molar-refractivity contribution in [2.75, 3.05) is 4.72 Å². The number of sulfonamides is 1. The number of aromatic nitrogens is 2. The molecule has 4 rings (SSSR count). The van der Waals surface area contributed by atoms with E-state index in [2.05, 4.69) is 14.9 Å². The Morgan fingerprint density at radius 3 is 2.46 bits per heavy atom. The molecule has 142 valence electrons. The van der Waals surface area contributed by atoms with Gasteiger partial charge in [0.25, 0.3) is 10.0 Å². The van der Waals surface area contributed by atoms with Crippen LogP contribution < -0.4 is 4.72 Å². The summed E-state index contributed by atoms with van der Waals surface area (Å²) in [4.78, 5) is 5.67. The van der Waals surface area contributed by atoms with Gasteiger partial charge < -0.3 is 4.52 Å². The number of thiophene rings is 1. The summed E-state index contributed by atoms with van der Waals surface area (Å²) in [5.41, 5.74) is 1.16.